The number of hydrogen-bond donors (Lipinski definition) is 0. The van der Waals surface area contributed by atoms with Crippen molar-refractivity contribution in [2.75, 3.05) is 13.1 Å². The van der Waals surface area contributed by atoms with Crippen LogP contribution in [0.25, 0.3) is 0 Å². The second kappa shape index (κ2) is 2.31. The van der Waals surface area contributed by atoms with Gasteiger partial charge in [0.2, 0.25) is 0 Å². The quantitative estimate of drug-likeness (QED) is 0.420. The van der Waals surface area contributed by atoms with Gasteiger partial charge in [0.05, 0.1) is 0 Å². The molecule has 3 heterocycles. The molecule has 0 aromatic heterocycles. The molecule has 1 nitrogen and oxygen atoms in total. The van der Waals surface area contributed by atoms with E-state index < -0.39 is 0 Å². The van der Waals surface area contributed by atoms with Gasteiger partial charge in [-0.05, 0) is 0 Å². The summed E-state index contributed by atoms with van der Waals surface area (Å²) in [6.07, 6.45) is 4.43. The average Bonchev–Trinajstić information content (AvgIpc) is 1.90. The van der Waals surface area contributed by atoms with E-state index in [1.807, 2.05) is 0 Å². The first-order valence-corrected chi connectivity index (χ1v) is 4.10. The molecular weight excluding hydrogens is 105 g/mol. The molecule has 3 aliphatic rings. The molecule has 3 saturated heterocycles. The molecule has 1 atom stereocenters. The van der Waals surface area contributed by atoms with Crippen molar-refractivity contribution in [1.82, 2.24) is 4.90 Å². The zero-order valence-electron chi connectivity index (χ0n) is 6.14. The summed E-state index contributed by atoms with van der Waals surface area (Å²) >= 11 is 2.37. The summed E-state index contributed by atoms with van der Waals surface area (Å²) in [7, 11) is 0. The standard InChI is InChI=1S/C7H12N.Li/c1-4-8-5-2-7(1)3-6-8;/h4,7H,1-3,5-6H2;. The van der Waals surface area contributed by atoms with Gasteiger partial charge in [0.15, 0.2) is 0 Å². The van der Waals surface area contributed by atoms with E-state index in [1.54, 1.807) is 0 Å². The van der Waals surface area contributed by atoms with Gasteiger partial charge in [-0.15, -0.1) is 0 Å². The Labute approximate surface area is 66.0 Å². The average molecular weight is 117 g/mol. The first-order chi connectivity index (χ1) is 4.36. The molecule has 0 aliphatic carbocycles. The van der Waals surface area contributed by atoms with Crippen LogP contribution in [0.5, 0.6) is 0 Å². The molecular formula is C7H12LiN. The van der Waals surface area contributed by atoms with Crippen LogP contribution in [-0.2, 0) is 0 Å². The van der Waals surface area contributed by atoms with Crippen molar-refractivity contribution in [2.45, 2.75) is 24.0 Å². The van der Waals surface area contributed by atoms with Crippen molar-refractivity contribution in [2.24, 2.45) is 5.92 Å². The Morgan fingerprint density at radius 3 is 2.11 bits per heavy atom. The van der Waals surface area contributed by atoms with E-state index in [1.165, 1.54) is 32.4 Å². The number of piperidine rings is 3. The Morgan fingerprint density at radius 1 is 1.22 bits per heavy atom. The minimum absolute atomic E-state index is 0.900. The van der Waals surface area contributed by atoms with Gasteiger partial charge in [-0.3, -0.25) is 0 Å². The SMILES string of the molecule is [Li][CH]1CC2CCN1CC2. The summed E-state index contributed by atoms with van der Waals surface area (Å²) in [5.41, 5.74) is 0. The predicted octanol–water partition coefficient (Wildman–Crippen LogP) is 0.597. The molecule has 3 rings (SSSR count). The fraction of sp³-hybridized carbons (Fsp3) is 1.00. The zero-order chi connectivity index (χ0) is 6.27. The topological polar surface area (TPSA) is 3.24 Å². The molecule has 0 N–H and O–H groups in total. The summed E-state index contributed by atoms with van der Waals surface area (Å²) in [5, 5.41) is 0. The van der Waals surface area contributed by atoms with Gasteiger partial charge in [-0.25, -0.2) is 0 Å². The molecule has 0 spiro atoms. The third kappa shape index (κ3) is 1.07. The molecule has 9 heavy (non-hydrogen) atoms. The van der Waals surface area contributed by atoms with Gasteiger partial charge < -0.3 is 0 Å². The normalized spacial score (nSPS) is 49.8. The molecule has 3 fully saturated rings. The Bertz CT molecular complexity index is 107. The molecule has 0 saturated carbocycles. The first kappa shape index (κ1) is 6.28. The van der Waals surface area contributed by atoms with Crippen LogP contribution < -0.4 is 0 Å². The molecule has 0 aromatic carbocycles. The van der Waals surface area contributed by atoms with Crippen LogP contribution in [0.2, 0.25) is 0 Å². The summed E-state index contributed by atoms with van der Waals surface area (Å²) in [6.45, 7) is 2.76. The van der Waals surface area contributed by atoms with Gasteiger partial charge in [-0.2, -0.15) is 0 Å². The summed E-state index contributed by atoms with van der Waals surface area (Å²) in [6, 6.07) is 0. The van der Waals surface area contributed by atoms with Crippen molar-refractivity contribution in [3.05, 3.63) is 0 Å². The van der Waals surface area contributed by atoms with E-state index in [0.29, 0.717) is 0 Å². The van der Waals surface area contributed by atoms with Gasteiger partial charge in [0.1, 0.15) is 0 Å². The Kier molecular flexibility index (Phi) is 1.61. The second-order valence-corrected chi connectivity index (χ2v) is 3.56. The first-order valence-electron chi connectivity index (χ1n) is 4.10. The molecule has 0 aromatic rings. The maximum atomic E-state index is 2.62. The molecule has 46 valence electrons. The van der Waals surface area contributed by atoms with Crippen LogP contribution in [0.3, 0.4) is 0 Å². The van der Waals surface area contributed by atoms with Crippen molar-refractivity contribution in [1.29, 1.82) is 0 Å². The summed E-state index contributed by atoms with van der Waals surface area (Å²) in [4.78, 5) is 2.62. The van der Waals surface area contributed by atoms with Gasteiger partial charge in [0.25, 0.3) is 0 Å². The van der Waals surface area contributed by atoms with Gasteiger partial charge in [0, 0.05) is 0 Å². The van der Waals surface area contributed by atoms with Crippen molar-refractivity contribution in [3.63, 3.8) is 0 Å². The second-order valence-electron chi connectivity index (χ2n) is 3.56. The van der Waals surface area contributed by atoms with Crippen molar-refractivity contribution in [3.8, 4) is 0 Å². The molecule has 2 heteroatoms. The van der Waals surface area contributed by atoms with Gasteiger partial charge >= 0.3 is 65.6 Å². The number of fused-ring (bicyclic) bond motifs is 3. The Hall–Kier alpha value is 0.557. The van der Waals surface area contributed by atoms with E-state index >= 15 is 0 Å². The summed E-state index contributed by atoms with van der Waals surface area (Å²) in [5.74, 6) is 1.09. The van der Waals surface area contributed by atoms with Crippen LogP contribution in [0.1, 0.15) is 19.3 Å². The predicted molar refractivity (Wildman–Crippen MR) is 38.5 cm³/mol. The third-order valence-electron chi connectivity index (χ3n) is 2.95. The van der Waals surface area contributed by atoms with E-state index in [9.17, 15) is 0 Å². The van der Waals surface area contributed by atoms with Crippen molar-refractivity contribution >= 4 is 17.7 Å². The van der Waals surface area contributed by atoms with Crippen LogP contribution in [-0.4, -0.2) is 40.4 Å². The van der Waals surface area contributed by atoms with Crippen molar-refractivity contribution < 1.29 is 0 Å². The minimum atomic E-state index is 0.900. The van der Waals surface area contributed by atoms with E-state index in [0.717, 1.165) is 10.6 Å². The molecule has 0 amide bonds. The van der Waals surface area contributed by atoms with Crippen LogP contribution in [0, 0.1) is 5.92 Å². The molecule has 2 bridgehead atoms. The third-order valence-corrected chi connectivity index (χ3v) is 2.95. The zero-order valence-corrected chi connectivity index (χ0v) is 6.14. The maximum absolute atomic E-state index is 2.62. The van der Waals surface area contributed by atoms with Crippen LogP contribution in [0.15, 0.2) is 0 Å². The Balaban J connectivity index is 2.06. The van der Waals surface area contributed by atoms with E-state index in [2.05, 4.69) is 22.6 Å². The monoisotopic (exact) mass is 117 g/mol. The number of hydrogen-bond acceptors (Lipinski definition) is 1. The Morgan fingerprint density at radius 2 is 1.89 bits per heavy atom. The van der Waals surface area contributed by atoms with E-state index in [4.69, 9.17) is 0 Å². The molecule has 0 radical (unpaired) electrons. The fourth-order valence-corrected chi connectivity index (χ4v) is 2.26. The van der Waals surface area contributed by atoms with Crippen LogP contribution >= 0.6 is 0 Å². The number of rotatable bonds is 0. The fourth-order valence-electron chi connectivity index (χ4n) is 2.26. The summed E-state index contributed by atoms with van der Waals surface area (Å²) < 4.78 is 0.900. The van der Waals surface area contributed by atoms with Gasteiger partial charge in [-0.1, -0.05) is 0 Å². The molecule has 3 aliphatic heterocycles. The van der Waals surface area contributed by atoms with E-state index in [-0.39, 0.29) is 0 Å². The van der Waals surface area contributed by atoms with Crippen LogP contribution in [0.4, 0.5) is 0 Å². The number of nitrogens with zero attached hydrogens (tertiary/aromatic N) is 1. The molecule has 1 unspecified atom stereocenters.